The molecule has 0 bridgehead atoms. The molecule has 21 heavy (non-hydrogen) atoms. The molecular weight excluding hydrogens is 262 g/mol. The van der Waals surface area contributed by atoms with Crippen molar-refractivity contribution >= 4 is 5.91 Å². The van der Waals surface area contributed by atoms with E-state index in [-0.39, 0.29) is 11.3 Å². The zero-order valence-electron chi connectivity index (χ0n) is 13.6. The van der Waals surface area contributed by atoms with Crippen molar-refractivity contribution in [2.24, 2.45) is 11.1 Å². The van der Waals surface area contributed by atoms with E-state index in [4.69, 9.17) is 5.73 Å². The third kappa shape index (κ3) is 7.25. The van der Waals surface area contributed by atoms with E-state index in [0.717, 1.165) is 25.1 Å². The molecule has 0 fully saturated rings. The van der Waals surface area contributed by atoms with Gasteiger partial charge in [0.25, 0.3) is 0 Å². The van der Waals surface area contributed by atoms with Crippen molar-refractivity contribution in [1.82, 2.24) is 10.2 Å². The maximum Gasteiger partial charge on any atom is 0.234 e. The Morgan fingerprint density at radius 2 is 1.95 bits per heavy atom. The summed E-state index contributed by atoms with van der Waals surface area (Å²) in [6.07, 6.45) is 1.03. The van der Waals surface area contributed by atoms with Gasteiger partial charge in [-0.2, -0.15) is 0 Å². The molecule has 0 aliphatic heterocycles. The van der Waals surface area contributed by atoms with E-state index in [1.807, 2.05) is 30.3 Å². The summed E-state index contributed by atoms with van der Waals surface area (Å²) in [7, 11) is 0. The van der Waals surface area contributed by atoms with Crippen molar-refractivity contribution in [3.63, 3.8) is 0 Å². The second-order valence-electron chi connectivity index (χ2n) is 6.34. The van der Waals surface area contributed by atoms with Crippen LogP contribution in [0.3, 0.4) is 0 Å². The minimum Gasteiger partial charge on any atom is -0.351 e. The average molecular weight is 291 g/mol. The first-order valence-electron chi connectivity index (χ1n) is 7.70. The molecule has 1 rings (SSSR count). The molecule has 0 spiro atoms. The second-order valence-corrected chi connectivity index (χ2v) is 6.34. The van der Waals surface area contributed by atoms with Crippen LogP contribution in [0.2, 0.25) is 0 Å². The molecule has 0 saturated heterocycles. The Morgan fingerprint density at radius 3 is 2.52 bits per heavy atom. The lowest BCUT2D eigenvalue weighted by atomic mass is 9.93. The summed E-state index contributed by atoms with van der Waals surface area (Å²) in [5, 5.41) is 2.98. The van der Waals surface area contributed by atoms with Gasteiger partial charge in [0, 0.05) is 13.1 Å². The summed E-state index contributed by atoms with van der Waals surface area (Å²) in [5.74, 6) is 0.0696. The molecule has 0 saturated carbocycles. The molecule has 1 aromatic rings. The lowest BCUT2D eigenvalue weighted by Crippen LogP contribution is -2.44. The quantitative estimate of drug-likeness (QED) is 0.731. The predicted octanol–water partition coefficient (Wildman–Crippen LogP) is 2.00. The van der Waals surface area contributed by atoms with Crippen LogP contribution in [-0.2, 0) is 11.3 Å². The fourth-order valence-electron chi connectivity index (χ4n) is 2.26. The van der Waals surface area contributed by atoms with E-state index in [2.05, 4.69) is 31.0 Å². The molecule has 0 aliphatic rings. The molecule has 0 unspecified atom stereocenters. The van der Waals surface area contributed by atoms with Crippen LogP contribution >= 0.6 is 0 Å². The van der Waals surface area contributed by atoms with Crippen LogP contribution in [-0.4, -0.2) is 37.0 Å². The number of amides is 1. The molecule has 118 valence electrons. The molecule has 1 amide bonds. The largest absolute Gasteiger partial charge is 0.351 e. The SMILES string of the molecule is CCCN(CC(=O)NCc1ccccc1)CC(C)(C)CN. The van der Waals surface area contributed by atoms with Gasteiger partial charge < -0.3 is 11.1 Å². The minimum absolute atomic E-state index is 0.0366. The van der Waals surface area contributed by atoms with E-state index >= 15 is 0 Å². The predicted molar refractivity (Wildman–Crippen MR) is 87.9 cm³/mol. The van der Waals surface area contributed by atoms with Crippen LogP contribution < -0.4 is 11.1 Å². The summed E-state index contributed by atoms with van der Waals surface area (Å²) < 4.78 is 0. The number of hydrogen-bond donors (Lipinski definition) is 2. The van der Waals surface area contributed by atoms with Gasteiger partial charge in [-0.25, -0.2) is 0 Å². The van der Waals surface area contributed by atoms with E-state index in [1.54, 1.807) is 0 Å². The van der Waals surface area contributed by atoms with Gasteiger partial charge in [-0.05, 0) is 30.5 Å². The number of benzene rings is 1. The highest BCUT2D eigenvalue weighted by Gasteiger charge is 2.21. The highest BCUT2D eigenvalue weighted by atomic mass is 16.2. The van der Waals surface area contributed by atoms with E-state index in [0.29, 0.717) is 19.6 Å². The van der Waals surface area contributed by atoms with Gasteiger partial charge >= 0.3 is 0 Å². The van der Waals surface area contributed by atoms with Crippen molar-refractivity contribution < 1.29 is 4.79 Å². The number of nitrogens with zero attached hydrogens (tertiary/aromatic N) is 1. The molecule has 0 aliphatic carbocycles. The number of carbonyl (C=O) groups excluding carboxylic acids is 1. The Balaban J connectivity index is 2.45. The van der Waals surface area contributed by atoms with E-state index < -0.39 is 0 Å². The van der Waals surface area contributed by atoms with Crippen molar-refractivity contribution in [3.05, 3.63) is 35.9 Å². The molecule has 4 nitrogen and oxygen atoms in total. The number of hydrogen-bond acceptors (Lipinski definition) is 3. The number of nitrogens with two attached hydrogens (primary N) is 1. The Hall–Kier alpha value is -1.39. The highest BCUT2D eigenvalue weighted by molar-refractivity contribution is 5.78. The zero-order valence-corrected chi connectivity index (χ0v) is 13.6. The Morgan fingerprint density at radius 1 is 1.29 bits per heavy atom. The monoisotopic (exact) mass is 291 g/mol. The Kier molecular flexibility index (Phi) is 7.40. The molecule has 1 aromatic carbocycles. The van der Waals surface area contributed by atoms with E-state index in [1.165, 1.54) is 0 Å². The smallest absolute Gasteiger partial charge is 0.234 e. The number of nitrogens with one attached hydrogen (secondary N) is 1. The van der Waals surface area contributed by atoms with Gasteiger partial charge in [0.1, 0.15) is 0 Å². The van der Waals surface area contributed by atoms with Crippen LogP contribution in [0.25, 0.3) is 0 Å². The lowest BCUT2D eigenvalue weighted by molar-refractivity contribution is -0.122. The van der Waals surface area contributed by atoms with Crippen LogP contribution in [0.15, 0.2) is 30.3 Å². The maximum absolute atomic E-state index is 12.1. The molecule has 4 heteroatoms. The topological polar surface area (TPSA) is 58.4 Å². The molecular formula is C17H29N3O. The average Bonchev–Trinajstić information content (AvgIpc) is 2.46. The van der Waals surface area contributed by atoms with E-state index in [9.17, 15) is 4.79 Å². The highest BCUT2D eigenvalue weighted by Crippen LogP contribution is 2.14. The van der Waals surface area contributed by atoms with Crippen LogP contribution in [0.4, 0.5) is 0 Å². The van der Waals surface area contributed by atoms with Crippen molar-refractivity contribution in [2.45, 2.75) is 33.7 Å². The molecule has 0 atom stereocenters. The number of carbonyl (C=O) groups is 1. The first-order valence-corrected chi connectivity index (χ1v) is 7.70. The van der Waals surface area contributed by atoms with Gasteiger partial charge in [0.05, 0.1) is 6.54 Å². The minimum atomic E-state index is 0.0366. The first kappa shape index (κ1) is 17.7. The van der Waals surface area contributed by atoms with Gasteiger partial charge in [-0.3, -0.25) is 9.69 Å². The third-order valence-electron chi connectivity index (χ3n) is 3.44. The first-order chi connectivity index (χ1) is 9.96. The normalized spacial score (nSPS) is 11.7. The molecule has 0 radical (unpaired) electrons. The fraction of sp³-hybridized carbons (Fsp3) is 0.588. The Labute approximate surface area is 128 Å². The van der Waals surface area contributed by atoms with Gasteiger partial charge in [-0.1, -0.05) is 51.1 Å². The maximum atomic E-state index is 12.1. The summed E-state index contributed by atoms with van der Waals surface area (Å²) in [6, 6.07) is 9.97. The van der Waals surface area contributed by atoms with Gasteiger partial charge in [-0.15, -0.1) is 0 Å². The van der Waals surface area contributed by atoms with Crippen molar-refractivity contribution in [3.8, 4) is 0 Å². The summed E-state index contributed by atoms with van der Waals surface area (Å²) in [6.45, 7) is 9.81. The van der Waals surface area contributed by atoms with Crippen molar-refractivity contribution in [2.75, 3.05) is 26.2 Å². The van der Waals surface area contributed by atoms with Gasteiger partial charge in [0.15, 0.2) is 0 Å². The van der Waals surface area contributed by atoms with Crippen molar-refractivity contribution in [1.29, 1.82) is 0 Å². The molecule has 0 heterocycles. The van der Waals surface area contributed by atoms with Crippen LogP contribution in [0.1, 0.15) is 32.8 Å². The molecule has 3 N–H and O–H groups in total. The summed E-state index contributed by atoms with van der Waals surface area (Å²) >= 11 is 0. The Bertz CT molecular complexity index is 417. The summed E-state index contributed by atoms with van der Waals surface area (Å²) in [5.41, 5.74) is 6.95. The summed E-state index contributed by atoms with van der Waals surface area (Å²) in [4.78, 5) is 14.3. The second kappa shape index (κ2) is 8.80. The fourth-order valence-corrected chi connectivity index (χ4v) is 2.26. The van der Waals surface area contributed by atoms with Gasteiger partial charge in [0.2, 0.25) is 5.91 Å². The number of rotatable bonds is 9. The van der Waals surface area contributed by atoms with Crippen LogP contribution in [0.5, 0.6) is 0 Å². The van der Waals surface area contributed by atoms with Crippen LogP contribution in [0, 0.1) is 5.41 Å². The zero-order chi connectivity index (χ0) is 15.7. The lowest BCUT2D eigenvalue weighted by Gasteiger charge is -2.31. The molecule has 0 aromatic heterocycles. The third-order valence-corrected chi connectivity index (χ3v) is 3.44. The standard InChI is InChI=1S/C17H29N3O/c1-4-10-20(14-17(2,3)13-18)12-16(21)19-11-15-8-6-5-7-9-15/h5-9H,4,10-14,18H2,1-3H3,(H,19,21).